The summed E-state index contributed by atoms with van der Waals surface area (Å²) in [6.45, 7) is 1.28. The summed E-state index contributed by atoms with van der Waals surface area (Å²) in [4.78, 5) is 27.9. The van der Waals surface area contributed by atoms with Crippen molar-refractivity contribution in [3.05, 3.63) is 70.8 Å². The number of pyridine rings is 1. The zero-order chi connectivity index (χ0) is 27.0. The molecule has 1 N–H and O–H groups in total. The van der Waals surface area contributed by atoms with Gasteiger partial charge in [-0.15, -0.1) is 0 Å². The fourth-order valence-electron chi connectivity index (χ4n) is 2.93. The Hall–Kier alpha value is -3.54. The van der Waals surface area contributed by atoms with E-state index in [4.69, 9.17) is 37.4 Å². The molecule has 0 saturated carbocycles. The molecule has 37 heavy (non-hydrogen) atoms. The number of carbonyl (C=O) groups is 2. The van der Waals surface area contributed by atoms with Crippen LogP contribution in [-0.4, -0.2) is 52.1 Å². The van der Waals surface area contributed by atoms with Crippen molar-refractivity contribution in [2.45, 2.75) is 11.8 Å². The lowest BCUT2D eigenvalue weighted by Crippen LogP contribution is -2.26. The normalized spacial score (nSPS) is 10.9. The molecule has 10 nitrogen and oxygen atoms in total. The van der Waals surface area contributed by atoms with Crippen LogP contribution in [-0.2, 0) is 24.3 Å². The van der Waals surface area contributed by atoms with Gasteiger partial charge in [0.15, 0.2) is 19.0 Å². The summed E-state index contributed by atoms with van der Waals surface area (Å²) < 4.78 is 42.5. The van der Waals surface area contributed by atoms with Crippen LogP contribution in [0.4, 0.5) is 11.5 Å². The minimum atomic E-state index is -3.80. The molecule has 0 fully saturated rings. The highest BCUT2D eigenvalue weighted by molar-refractivity contribution is 7.92. The molecule has 1 aromatic heterocycles. The Bertz CT molecular complexity index is 1350. The number of aromatic nitrogens is 1. The van der Waals surface area contributed by atoms with Crippen LogP contribution in [0.2, 0.25) is 10.0 Å². The maximum atomic E-state index is 12.9. The lowest BCUT2D eigenvalue weighted by atomic mass is 10.3. The molecule has 0 aliphatic rings. The van der Waals surface area contributed by atoms with Crippen LogP contribution in [0.15, 0.2) is 65.7 Å². The third-order valence-electron chi connectivity index (χ3n) is 4.78. The average molecular weight is 568 g/mol. The van der Waals surface area contributed by atoms with Crippen LogP contribution in [0.3, 0.4) is 0 Å². The standard InChI is InChI=1S/C24H23Cl2N3O7S/c1-3-34-18-8-10-20(11-9-18)37(32,33)29(2)17-4-6-19(7-5-17)35-15-23(31)36-14-22(30)28-24-21(26)12-16(25)13-27-24/h4-13H,3,14-15H2,1-2H3,(H,27,28,30). The van der Waals surface area contributed by atoms with Gasteiger partial charge in [0.05, 0.1) is 27.2 Å². The van der Waals surface area contributed by atoms with Crippen molar-refractivity contribution in [2.24, 2.45) is 0 Å². The summed E-state index contributed by atoms with van der Waals surface area (Å²) in [5.74, 6) is -0.476. The number of nitrogens with one attached hydrogen (secondary N) is 1. The van der Waals surface area contributed by atoms with Crippen LogP contribution >= 0.6 is 23.2 Å². The topological polar surface area (TPSA) is 124 Å². The highest BCUT2D eigenvalue weighted by Crippen LogP contribution is 2.26. The van der Waals surface area contributed by atoms with Crippen molar-refractivity contribution in [3.8, 4) is 11.5 Å². The van der Waals surface area contributed by atoms with Gasteiger partial charge in [-0.25, -0.2) is 18.2 Å². The molecule has 0 saturated heterocycles. The van der Waals surface area contributed by atoms with Crippen LogP contribution in [0.5, 0.6) is 11.5 Å². The number of hydrogen-bond donors (Lipinski definition) is 1. The second kappa shape index (κ2) is 12.6. The van der Waals surface area contributed by atoms with E-state index in [-0.39, 0.29) is 15.7 Å². The van der Waals surface area contributed by atoms with Crippen LogP contribution in [0, 0.1) is 0 Å². The van der Waals surface area contributed by atoms with Gasteiger partial charge in [0, 0.05) is 13.2 Å². The highest BCUT2D eigenvalue weighted by atomic mass is 35.5. The largest absolute Gasteiger partial charge is 0.494 e. The van der Waals surface area contributed by atoms with Gasteiger partial charge in [-0.2, -0.15) is 0 Å². The van der Waals surface area contributed by atoms with Gasteiger partial charge in [-0.1, -0.05) is 23.2 Å². The summed E-state index contributed by atoms with van der Waals surface area (Å²) in [5, 5.41) is 2.84. The molecule has 3 rings (SSSR count). The van der Waals surface area contributed by atoms with Crippen LogP contribution in [0.1, 0.15) is 6.92 Å². The molecule has 0 aliphatic carbocycles. The fraction of sp³-hybridized carbons (Fsp3) is 0.208. The van der Waals surface area contributed by atoms with E-state index in [0.717, 1.165) is 4.31 Å². The predicted octanol–water partition coefficient (Wildman–Crippen LogP) is 4.17. The molecule has 3 aromatic rings. The van der Waals surface area contributed by atoms with E-state index in [9.17, 15) is 18.0 Å². The van der Waals surface area contributed by atoms with Gasteiger partial charge in [0.25, 0.3) is 15.9 Å². The number of amides is 1. The fourth-order valence-corrected chi connectivity index (χ4v) is 4.55. The van der Waals surface area contributed by atoms with Gasteiger partial charge in [0.2, 0.25) is 0 Å². The van der Waals surface area contributed by atoms with Crippen molar-refractivity contribution in [1.29, 1.82) is 0 Å². The molecule has 0 spiro atoms. The first kappa shape index (κ1) is 28.0. The minimum absolute atomic E-state index is 0.0814. The summed E-state index contributed by atoms with van der Waals surface area (Å²) in [7, 11) is -2.37. The van der Waals surface area contributed by atoms with E-state index in [1.54, 1.807) is 12.1 Å². The molecule has 1 amide bonds. The van der Waals surface area contributed by atoms with E-state index < -0.39 is 35.1 Å². The summed E-state index contributed by atoms with van der Waals surface area (Å²) in [5.41, 5.74) is 0.384. The quantitative estimate of drug-likeness (QED) is 0.342. The number of rotatable bonds is 11. The van der Waals surface area contributed by atoms with Gasteiger partial charge in [-0.3, -0.25) is 9.10 Å². The minimum Gasteiger partial charge on any atom is -0.494 e. The molecule has 0 bridgehead atoms. The first-order valence-electron chi connectivity index (χ1n) is 10.8. The molecule has 0 unspecified atom stereocenters. The molecule has 13 heteroatoms. The van der Waals surface area contributed by atoms with Crippen molar-refractivity contribution in [3.63, 3.8) is 0 Å². The molecule has 0 atom stereocenters. The monoisotopic (exact) mass is 567 g/mol. The second-order valence-corrected chi connectivity index (χ2v) is 10.2. The highest BCUT2D eigenvalue weighted by Gasteiger charge is 2.21. The number of sulfonamides is 1. The van der Waals surface area contributed by atoms with Gasteiger partial charge in [-0.05, 0) is 61.5 Å². The number of ether oxygens (including phenoxy) is 3. The van der Waals surface area contributed by atoms with Crippen LogP contribution in [0.25, 0.3) is 0 Å². The SMILES string of the molecule is CCOc1ccc(S(=O)(=O)N(C)c2ccc(OCC(=O)OCC(=O)Nc3ncc(Cl)cc3Cl)cc2)cc1. The Kier molecular flexibility index (Phi) is 9.56. The maximum absolute atomic E-state index is 12.9. The molecule has 196 valence electrons. The maximum Gasteiger partial charge on any atom is 0.344 e. The van der Waals surface area contributed by atoms with Gasteiger partial charge >= 0.3 is 5.97 Å². The molecule has 2 aromatic carbocycles. The van der Waals surface area contributed by atoms with E-state index in [2.05, 4.69) is 10.3 Å². The van der Waals surface area contributed by atoms with Crippen molar-refractivity contribution in [2.75, 3.05) is 36.5 Å². The number of benzene rings is 2. The lowest BCUT2D eigenvalue weighted by Gasteiger charge is -2.20. The number of esters is 1. The Morgan fingerprint density at radius 3 is 2.22 bits per heavy atom. The zero-order valence-electron chi connectivity index (χ0n) is 19.8. The van der Waals surface area contributed by atoms with Crippen LogP contribution < -0.4 is 19.1 Å². The van der Waals surface area contributed by atoms with Gasteiger partial charge < -0.3 is 19.5 Å². The average Bonchev–Trinajstić information content (AvgIpc) is 2.88. The molecule has 1 heterocycles. The summed E-state index contributed by atoms with van der Waals surface area (Å²) in [6.07, 6.45) is 1.31. The van der Waals surface area contributed by atoms with E-state index in [1.165, 1.54) is 55.7 Å². The molecule has 0 aliphatic heterocycles. The first-order chi connectivity index (χ1) is 17.6. The smallest absolute Gasteiger partial charge is 0.344 e. The summed E-state index contributed by atoms with van der Waals surface area (Å²) >= 11 is 11.7. The number of anilines is 2. The molecular formula is C24H23Cl2N3O7S. The van der Waals surface area contributed by atoms with Crippen molar-refractivity contribution < 1.29 is 32.2 Å². The first-order valence-corrected chi connectivity index (χ1v) is 13.0. The van der Waals surface area contributed by atoms with E-state index in [0.29, 0.717) is 28.8 Å². The summed E-state index contributed by atoms with van der Waals surface area (Å²) in [6, 6.07) is 13.6. The van der Waals surface area contributed by atoms with Crippen molar-refractivity contribution in [1.82, 2.24) is 4.98 Å². The molecule has 0 radical (unpaired) electrons. The lowest BCUT2D eigenvalue weighted by molar-refractivity contribution is -0.149. The predicted molar refractivity (Wildman–Crippen MR) is 139 cm³/mol. The Labute approximate surface area is 224 Å². The number of nitrogens with zero attached hydrogens (tertiary/aromatic N) is 2. The zero-order valence-corrected chi connectivity index (χ0v) is 22.1. The number of halogens is 2. The number of carbonyl (C=O) groups excluding carboxylic acids is 2. The number of hydrogen-bond acceptors (Lipinski definition) is 8. The third-order valence-corrected chi connectivity index (χ3v) is 7.07. The van der Waals surface area contributed by atoms with E-state index in [1.807, 2.05) is 6.92 Å². The Morgan fingerprint density at radius 2 is 1.59 bits per heavy atom. The molecular weight excluding hydrogens is 545 g/mol. The van der Waals surface area contributed by atoms with Crippen molar-refractivity contribution >= 4 is 56.6 Å². The van der Waals surface area contributed by atoms with E-state index >= 15 is 0 Å². The van der Waals surface area contributed by atoms with Gasteiger partial charge in [0.1, 0.15) is 11.5 Å². The second-order valence-electron chi connectivity index (χ2n) is 7.35. The Morgan fingerprint density at radius 1 is 0.973 bits per heavy atom. The Balaban J connectivity index is 1.49. The third kappa shape index (κ3) is 7.72.